The van der Waals surface area contributed by atoms with E-state index >= 15 is 0 Å². The number of hydrogen-bond acceptors (Lipinski definition) is 3. The Labute approximate surface area is 188 Å². The van der Waals surface area contributed by atoms with Crippen molar-refractivity contribution < 1.29 is 14.4 Å². The maximum absolute atomic E-state index is 13.1. The third kappa shape index (κ3) is 4.59. The second kappa shape index (κ2) is 9.39. The molecule has 2 heterocycles. The van der Waals surface area contributed by atoms with E-state index in [-0.39, 0.29) is 36.2 Å². The van der Waals surface area contributed by atoms with Crippen LogP contribution in [0.2, 0.25) is 0 Å². The molecule has 2 aromatic carbocycles. The lowest BCUT2D eigenvalue weighted by Crippen LogP contribution is -2.47. The van der Waals surface area contributed by atoms with Gasteiger partial charge in [-0.1, -0.05) is 42.5 Å². The molecule has 166 valence electrons. The van der Waals surface area contributed by atoms with Crippen molar-refractivity contribution in [2.24, 2.45) is 0 Å². The summed E-state index contributed by atoms with van der Waals surface area (Å²) >= 11 is 0. The predicted molar refractivity (Wildman–Crippen MR) is 124 cm³/mol. The van der Waals surface area contributed by atoms with Gasteiger partial charge in [0.15, 0.2) is 0 Å². The van der Waals surface area contributed by atoms with E-state index in [4.69, 9.17) is 0 Å². The zero-order chi connectivity index (χ0) is 22.7. The van der Waals surface area contributed by atoms with Gasteiger partial charge in [0.2, 0.25) is 11.8 Å². The van der Waals surface area contributed by atoms with Gasteiger partial charge in [0, 0.05) is 37.8 Å². The number of rotatable bonds is 4. The van der Waals surface area contributed by atoms with Crippen LogP contribution in [0.1, 0.15) is 59.3 Å². The maximum Gasteiger partial charge on any atom is 0.251 e. The van der Waals surface area contributed by atoms with Gasteiger partial charge in [-0.25, -0.2) is 0 Å². The van der Waals surface area contributed by atoms with Crippen molar-refractivity contribution in [1.29, 1.82) is 0 Å². The molecule has 2 aliphatic rings. The summed E-state index contributed by atoms with van der Waals surface area (Å²) in [7, 11) is 0. The number of fused-ring (bicyclic) bond motifs is 1. The highest BCUT2D eigenvalue weighted by Gasteiger charge is 2.31. The van der Waals surface area contributed by atoms with Crippen LogP contribution in [0, 0.1) is 6.92 Å². The fraction of sp³-hybridized carbons (Fsp3) is 0.346. The van der Waals surface area contributed by atoms with Crippen molar-refractivity contribution in [1.82, 2.24) is 15.1 Å². The zero-order valence-corrected chi connectivity index (χ0v) is 18.6. The maximum atomic E-state index is 13.1. The van der Waals surface area contributed by atoms with Crippen LogP contribution in [0.25, 0.3) is 6.08 Å². The molecular formula is C26H29N3O3. The molecule has 2 aliphatic heterocycles. The molecular weight excluding hydrogens is 402 g/mol. The Balaban J connectivity index is 1.36. The van der Waals surface area contributed by atoms with Crippen molar-refractivity contribution in [2.45, 2.75) is 45.2 Å². The fourth-order valence-electron chi connectivity index (χ4n) is 4.57. The third-order valence-electron chi connectivity index (χ3n) is 6.41. The van der Waals surface area contributed by atoms with Crippen LogP contribution in [-0.2, 0) is 9.59 Å². The number of benzene rings is 2. The fourth-order valence-corrected chi connectivity index (χ4v) is 4.57. The first-order valence-corrected chi connectivity index (χ1v) is 11.1. The van der Waals surface area contributed by atoms with Gasteiger partial charge in [-0.3, -0.25) is 14.4 Å². The number of hydrogen-bond donors (Lipinski definition) is 1. The Morgan fingerprint density at radius 2 is 1.69 bits per heavy atom. The van der Waals surface area contributed by atoms with E-state index in [9.17, 15) is 14.4 Å². The number of carbonyl (C=O) groups is 3. The summed E-state index contributed by atoms with van der Waals surface area (Å²) in [5, 5.41) is 3.11. The van der Waals surface area contributed by atoms with E-state index in [2.05, 4.69) is 5.32 Å². The summed E-state index contributed by atoms with van der Waals surface area (Å²) in [5.74, 6) is -0.100. The molecule has 1 atom stereocenters. The van der Waals surface area contributed by atoms with E-state index in [1.54, 1.807) is 11.1 Å². The van der Waals surface area contributed by atoms with Crippen molar-refractivity contribution in [3.05, 3.63) is 77.0 Å². The number of carbonyl (C=O) groups excluding carboxylic acids is 3. The Kier molecular flexibility index (Phi) is 6.40. The first-order valence-electron chi connectivity index (χ1n) is 11.1. The summed E-state index contributed by atoms with van der Waals surface area (Å²) in [6.07, 6.45) is 5.39. The lowest BCUT2D eigenvalue weighted by Gasteiger charge is -2.36. The summed E-state index contributed by atoms with van der Waals surface area (Å²) in [6.45, 7) is 4.65. The van der Waals surface area contributed by atoms with E-state index in [1.165, 1.54) is 6.92 Å². The Morgan fingerprint density at radius 1 is 1.00 bits per heavy atom. The molecule has 32 heavy (non-hydrogen) atoms. The Morgan fingerprint density at radius 3 is 2.41 bits per heavy atom. The molecule has 0 aliphatic carbocycles. The number of aryl methyl sites for hydroxylation is 1. The van der Waals surface area contributed by atoms with Gasteiger partial charge in [-0.15, -0.1) is 0 Å². The van der Waals surface area contributed by atoms with Crippen LogP contribution < -0.4 is 5.32 Å². The monoisotopic (exact) mass is 431 g/mol. The second-order valence-electron chi connectivity index (χ2n) is 8.53. The molecule has 0 bridgehead atoms. The van der Waals surface area contributed by atoms with E-state index in [1.807, 2.05) is 66.4 Å². The first-order chi connectivity index (χ1) is 15.4. The Hall–Kier alpha value is -3.41. The van der Waals surface area contributed by atoms with Crippen LogP contribution in [0.5, 0.6) is 0 Å². The summed E-state index contributed by atoms with van der Waals surface area (Å²) in [6, 6.07) is 15.2. The van der Waals surface area contributed by atoms with Crippen molar-refractivity contribution in [3.8, 4) is 0 Å². The van der Waals surface area contributed by atoms with Crippen LogP contribution in [0.4, 0.5) is 0 Å². The number of amides is 3. The molecule has 1 unspecified atom stereocenters. The number of likely N-dealkylation sites (tertiary alicyclic amines) is 1. The molecule has 2 aromatic rings. The molecule has 4 rings (SSSR count). The summed E-state index contributed by atoms with van der Waals surface area (Å²) < 4.78 is 0. The molecule has 0 spiro atoms. The van der Waals surface area contributed by atoms with Gasteiger partial charge in [-0.05, 0) is 48.6 Å². The highest BCUT2D eigenvalue weighted by Crippen LogP contribution is 2.33. The quantitative estimate of drug-likeness (QED) is 0.803. The van der Waals surface area contributed by atoms with Crippen LogP contribution in [0.3, 0.4) is 0 Å². The second-order valence-corrected chi connectivity index (χ2v) is 8.53. The topological polar surface area (TPSA) is 69.7 Å². The number of nitrogens with zero attached hydrogens (tertiary/aromatic N) is 2. The van der Waals surface area contributed by atoms with E-state index in [0.29, 0.717) is 18.7 Å². The SMILES string of the molecule is CC(=O)N1C=Cc2ccccc2C1CC(=O)N1CCC(NC(=O)c2ccccc2C)CC1. The van der Waals surface area contributed by atoms with Gasteiger partial charge in [0.05, 0.1) is 12.5 Å². The molecule has 0 aromatic heterocycles. The smallest absolute Gasteiger partial charge is 0.251 e. The van der Waals surface area contributed by atoms with Gasteiger partial charge in [0.25, 0.3) is 5.91 Å². The highest BCUT2D eigenvalue weighted by atomic mass is 16.2. The average molecular weight is 432 g/mol. The van der Waals surface area contributed by atoms with Gasteiger partial charge >= 0.3 is 0 Å². The summed E-state index contributed by atoms with van der Waals surface area (Å²) in [5.41, 5.74) is 3.69. The molecule has 1 saturated heterocycles. The molecule has 1 N–H and O–H groups in total. The Bertz CT molecular complexity index is 1050. The third-order valence-corrected chi connectivity index (χ3v) is 6.41. The molecule has 0 radical (unpaired) electrons. The van der Waals surface area contributed by atoms with Gasteiger partial charge in [-0.2, -0.15) is 0 Å². The number of nitrogens with one attached hydrogen (secondary N) is 1. The lowest BCUT2D eigenvalue weighted by molar-refractivity contribution is -0.135. The highest BCUT2D eigenvalue weighted by molar-refractivity contribution is 5.95. The standard InChI is InChI=1S/C26H29N3O3/c1-18-7-3-5-9-22(18)26(32)27-21-12-14-28(15-13-21)25(31)17-24-23-10-6-4-8-20(23)11-16-29(24)19(2)30/h3-11,16,21,24H,12-15,17H2,1-2H3,(H,27,32). The van der Waals surface area contributed by atoms with E-state index in [0.717, 1.165) is 29.5 Å². The molecule has 6 heteroatoms. The van der Waals surface area contributed by atoms with Gasteiger partial charge < -0.3 is 15.1 Å². The predicted octanol–water partition coefficient (Wildman–Crippen LogP) is 3.68. The van der Waals surface area contributed by atoms with Crippen LogP contribution >= 0.6 is 0 Å². The molecule has 3 amide bonds. The zero-order valence-electron chi connectivity index (χ0n) is 18.6. The summed E-state index contributed by atoms with van der Waals surface area (Å²) in [4.78, 5) is 41.4. The first kappa shape index (κ1) is 21.8. The minimum atomic E-state index is -0.292. The molecule has 0 saturated carbocycles. The minimum absolute atomic E-state index is 0.0371. The van der Waals surface area contributed by atoms with Crippen molar-refractivity contribution in [3.63, 3.8) is 0 Å². The molecule has 6 nitrogen and oxygen atoms in total. The van der Waals surface area contributed by atoms with Crippen molar-refractivity contribution >= 4 is 23.8 Å². The largest absolute Gasteiger partial charge is 0.349 e. The average Bonchev–Trinajstić information content (AvgIpc) is 2.79. The minimum Gasteiger partial charge on any atom is -0.349 e. The molecule has 1 fully saturated rings. The van der Waals surface area contributed by atoms with E-state index < -0.39 is 0 Å². The lowest BCUT2D eigenvalue weighted by atomic mass is 9.93. The van der Waals surface area contributed by atoms with Gasteiger partial charge in [0.1, 0.15) is 0 Å². The normalized spacial score (nSPS) is 18.2. The van der Waals surface area contributed by atoms with Crippen molar-refractivity contribution in [2.75, 3.05) is 13.1 Å². The van der Waals surface area contributed by atoms with Crippen LogP contribution in [0.15, 0.2) is 54.7 Å². The van der Waals surface area contributed by atoms with Crippen LogP contribution in [-0.4, -0.2) is 46.7 Å². The number of piperidine rings is 1.